The lowest BCUT2D eigenvalue weighted by Crippen LogP contribution is -2.44. The van der Waals surface area contributed by atoms with Crippen molar-refractivity contribution in [3.8, 4) is 0 Å². The highest BCUT2D eigenvalue weighted by Crippen LogP contribution is 2.26. The molecule has 0 bridgehead atoms. The number of anilines is 2. The number of carbonyl (C=O) groups is 1. The lowest BCUT2D eigenvalue weighted by Gasteiger charge is -2.18. The maximum absolute atomic E-state index is 12.5. The van der Waals surface area contributed by atoms with Crippen molar-refractivity contribution in [2.75, 3.05) is 11.4 Å². The molecule has 8 nitrogen and oxygen atoms in total. The third-order valence-electron chi connectivity index (χ3n) is 4.98. The fraction of sp³-hybridized carbons (Fsp3) is 0.238. The van der Waals surface area contributed by atoms with Gasteiger partial charge in [0.05, 0.1) is 0 Å². The normalized spacial score (nSPS) is 12.7. The van der Waals surface area contributed by atoms with Gasteiger partial charge in [0.1, 0.15) is 6.54 Å². The van der Waals surface area contributed by atoms with Crippen LogP contribution in [0.25, 0.3) is 0 Å². The zero-order chi connectivity index (χ0) is 21.3. The number of carbonyl (C=O) groups excluding carboxylic acids is 1. The summed E-state index contributed by atoms with van der Waals surface area (Å²) < 4.78 is 2.27. The van der Waals surface area contributed by atoms with Crippen molar-refractivity contribution in [2.24, 2.45) is 0 Å². The molecule has 30 heavy (non-hydrogen) atoms. The average molecular weight is 426 g/mol. The Kier molecular flexibility index (Phi) is 5.41. The zero-order valence-electron chi connectivity index (χ0n) is 16.3. The van der Waals surface area contributed by atoms with E-state index in [1.807, 2.05) is 42.2 Å². The second-order valence-electron chi connectivity index (χ2n) is 7.07. The monoisotopic (exact) mass is 425 g/mol. The maximum atomic E-state index is 12.5. The number of aryl methyl sites for hydroxylation is 1. The summed E-state index contributed by atoms with van der Waals surface area (Å²) in [6.45, 7) is 2.74. The lowest BCUT2D eigenvalue weighted by atomic mass is 10.2. The molecule has 0 fully saturated rings. The first-order chi connectivity index (χ1) is 14.4. The third-order valence-corrected chi connectivity index (χ3v) is 5.34. The first-order valence-corrected chi connectivity index (χ1v) is 9.88. The van der Waals surface area contributed by atoms with E-state index in [1.54, 1.807) is 18.2 Å². The Hall–Kier alpha value is -3.39. The van der Waals surface area contributed by atoms with Crippen LogP contribution >= 0.6 is 11.6 Å². The van der Waals surface area contributed by atoms with Crippen LogP contribution in [0.15, 0.2) is 58.1 Å². The molecule has 9 heteroatoms. The summed E-state index contributed by atoms with van der Waals surface area (Å²) in [5.41, 5.74) is 1.23. The largest absolute Gasteiger partial charge is 0.350 e. The van der Waals surface area contributed by atoms with Crippen LogP contribution < -0.4 is 21.3 Å². The SMILES string of the molecule is Cc1ccc(N2CCn3c2nn(CC(=O)NCc2ccccc2Cl)c(=O)c3=O)cc1. The number of nitrogens with zero attached hydrogens (tertiary/aromatic N) is 4. The molecule has 2 heterocycles. The minimum absolute atomic E-state index is 0.215. The van der Waals surface area contributed by atoms with Crippen LogP contribution in [0.2, 0.25) is 5.02 Å². The van der Waals surface area contributed by atoms with Gasteiger partial charge in [-0.3, -0.25) is 19.0 Å². The fourth-order valence-electron chi connectivity index (χ4n) is 3.33. The molecule has 154 valence electrons. The molecule has 0 aliphatic carbocycles. The van der Waals surface area contributed by atoms with E-state index in [0.717, 1.165) is 21.5 Å². The van der Waals surface area contributed by atoms with Gasteiger partial charge < -0.3 is 10.2 Å². The second-order valence-corrected chi connectivity index (χ2v) is 7.48. The van der Waals surface area contributed by atoms with Crippen LogP contribution in [0.1, 0.15) is 11.1 Å². The van der Waals surface area contributed by atoms with Crippen LogP contribution in [0, 0.1) is 6.92 Å². The molecule has 3 aromatic rings. The molecule has 0 saturated carbocycles. The number of benzene rings is 2. The van der Waals surface area contributed by atoms with Crippen molar-refractivity contribution >= 4 is 29.1 Å². The van der Waals surface area contributed by atoms with Gasteiger partial charge in [0.25, 0.3) is 0 Å². The van der Waals surface area contributed by atoms with E-state index in [4.69, 9.17) is 11.6 Å². The molecule has 1 aromatic heterocycles. The third kappa shape index (κ3) is 3.86. The molecule has 0 spiro atoms. The van der Waals surface area contributed by atoms with Gasteiger partial charge in [-0.25, -0.2) is 4.68 Å². The number of rotatable bonds is 5. The highest BCUT2D eigenvalue weighted by molar-refractivity contribution is 6.31. The summed E-state index contributed by atoms with van der Waals surface area (Å²) in [6.07, 6.45) is 0. The van der Waals surface area contributed by atoms with Crippen LogP contribution in [0.4, 0.5) is 11.6 Å². The van der Waals surface area contributed by atoms with E-state index in [1.165, 1.54) is 4.57 Å². The van der Waals surface area contributed by atoms with Crippen LogP contribution in [-0.4, -0.2) is 26.8 Å². The number of nitrogens with one attached hydrogen (secondary N) is 1. The summed E-state index contributed by atoms with van der Waals surface area (Å²) in [4.78, 5) is 39.2. The zero-order valence-corrected chi connectivity index (χ0v) is 17.1. The Labute approximate surface area is 177 Å². The first kappa shape index (κ1) is 19.9. The summed E-state index contributed by atoms with van der Waals surface area (Å²) in [7, 11) is 0. The topological polar surface area (TPSA) is 89.2 Å². The smallest absolute Gasteiger partial charge is 0.333 e. The first-order valence-electron chi connectivity index (χ1n) is 9.50. The molecular formula is C21H20ClN5O3. The van der Waals surface area contributed by atoms with Gasteiger partial charge in [0, 0.05) is 30.3 Å². The summed E-state index contributed by atoms with van der Waals surface area (Å²) in [5, 5.41) is 7.56. The summed E-state index contributed by atoms with van der Waals surface area (Å²) in [6, 6.07) is 15.0. The Morgan fingerprint density at radius 2 is 1.80 bits per heavy atom. The van der Waals surface area contributed by atoms with Crippen LogP contribution in [-0.2, 0) is 24.4 Å². The predicted molar refractivity (Wildman–Crippen MR) is 114 cm³/mol. The van der Waals surface area contributed by atoms with E-state index in [-0.39, 0.29) is 13.1 Å². The molecule has 0 atom stereocenters. The Morgan fingerprint density at radius 3 is 2.53 bits per heavy atom. The van der Waals surface area contributed by atoms with Gasteiger partial charge >= 0.3 is 11.1 Å². The van der Waals surface area contributed by atoms with Gasteiger partial charge in [0.15, 0.2) is 0 Å². The number of amides is 1. The van der Waals surface area contributed by atoms with E-state index in [9.17, 15) is 14.4 Å². The molecule has 1 N–H and O–H groups in total. The van der Waals surface area contributed by atoms with E-state index in [2.05, 4.69) is 10.4 Å². The van der Waals surface area contributed by atoms with Crippen molar-refractivity contribution in [2.45, 2.75) is 26.6 Å². The van der Waals surface area contributed by atoms with Crippen molar-refractivity contribution < 1.29 is 4.79 Å². The Bertz CT molecular complexity index is 1220. The number of fused-ring (bicyclic) bond motifs is 1. The second kappa shape index (κ2) is 8.16. The van der Waals surface area contributed by atoms with E-state index < -0.39 is 17.0 Å². The van der Waals surface area contributed by atoms with Gasteiger partial charge in [-0.2, -0.15) is 0 Å². The fourth-order valence-corrected chi connectivity index (χ4v) is 3.53. The quantitative estimate of drug-likeness (QED) is 0.630. The molecule has 2 aromatic carbocycles. The number of halogens is 1. The molecule has 1 amide bonds. The molecular weight excluding hydrogens is 406 g/mol. The lowest BCUT2D eigenvalue weighted by molar-refractivity contribution is -0.122. The van der Waals surface area contributed by atoms with E-state index >= 15 is 0 Å². The standard InChI is InChI=1S/C21H20ClN5O3/c1-14-6-8-16(9-7-14)25-10-11-26-19(29)20(30)27(24-21(25)26)13-18(28)23-12-15-4-2-3-5-17(15)22/h2-9H,10-13H2,1H3,(H,23,28). The van der Waals surface area contributed by atoms with Crippen molar-refractivity contribution in [3.05, 3.63) is 85.4 Å². The highest BCUT2D eigenvalue weighted by Gasteiger charge is 2.26. The predicted octanol–water partition coefficient (Wildman–Crippen LogP) is 1.83. The molecule has 1 aliphatic rings. The van der Waals surface area contributed by atoms with Crippen molar-refractivity contribution in [3.63, 3.8) is 0 Å². The Balaban J connectivity index is 1.57. The molecule has 4 rings (SSSR count). The molecule has 0 unspecified atom stereocenters. The van der Waals surface area contributed by atoms with Gasteiger partial charge in [-0.1, -0.05) is 47.5 Å². The van der Waals surface area contributed by atoms with Crippen molar-refractivity contribution in [1.82, 2.24) is 19.7 Å². The average Bonchev–Trinajstić information content (AvgIpc) is 3.15. The van der Waals surface area contributed by atoms with Gasteiger partial charge in [-0.05, 0) is 30.7 Å². The van der Waals surface area contributed by atoms with Crippen LogP contribution in [0.5, 0.6) is 0 Å². The van der Waals surface area contributed by atoms with Gasteiger partial charge in [-0.15, -0.1) is 5.10 Å². The minimum atomic E-state index is -0.822. The highest BCUT2D eigenvalue weighted by atomic mass is 35.5. The molecule has 0 radical (unpaired) electrons. The van der Waals surface area contributed by atoms with Crippen LogP contribution in [0.3, 0.4) is 0 Å². The Morgan fingerprint density at radius 1 is 1.07 bits per heavy atom. The molecule has 0 saturated heterocycles. The van der Waals surface area contributed by atoms with Crippen molar-refractivity contribution in [1.29, 1.82) is 0 Å². The van der Waals surface area contributed by atoms with Gasteiger partial charge in [0.2, 0.25) is 11.9 Å². The summed E-state index contributed by atoms with van der Waals surface area (Å²) in [5.74, 6) is -0.0869. The number of hydrogen-bond donors (Lipinski definition) is 1. The molecule has 1 aliphatic heterocycles. The number of hydrogen-bond acceptors (Lipinski definition) is 5. The maximum Gasteiger partial charge on any atom is 0.333 e. The summed E-state index contributed by atoms with van der Waals surface area (Å²) >= 11 is 6.09. The van der Waals surface area contributed by atoms with E-state index in [0.29, 0.717) is 24.1 Å². The minimum Gasteiger partial charge on any atom is -0.350 e. The number of aromatic nitrogens is 3.